The number of nitrogens with one attached hydrogen (secondary N) is 1. The van der Waals surface area contributed by atoms with E-state index in [1.54, 1.807) is 0 Å². The summed E-state index contributed by atoms with van der Waals surface area (Å²) in [5.74, 6) is 2.34. The number of anilines is 1. The quantitative estimate of drug-likeness (QED) is 0.929. The number of amides is 1. The van der Waals surface area contributed by atoms with Crippen molar-refractivity contribution >= 4 is 17.4 Å². The highest BCUT2D eigenvalue weighted by molar-refractivity contribution is 5.81. The topological polar surface area (TPSA) is 62.5 Å². The van der Waals surface area contributed by atoms with Crippen LogP contribution in [-0.2, 0) is 4.79 Å². The molecule has 1 N–H and O–H groups in total. The fourth-order valence-electron chi connectivity index (χ4n) is 3.67. The zero-order valence-corrected chi connectivity index (χ0v) is 15.4. The first-order chi connectivity index (χ1) is 12.0. The summed E-state index contributed by atoms with van der Waals surface area (Å²) in [7, 11) is 0. The highest BCUT2D eigenvalue weighted by Gasteiger charge is 2.34. The minimum absolute atomic E-state index is 0.342. The Labute approximate surface area is 148 Å². The normalized spacial score (nSPS) is 18.8. The summed E-state index contributed by atoms with van der Waals surface area (Å²) in [6, 6.07) is 2.06. The molecule has 0 aromatic carbocycles. The number of aromatic nitrogens is 3. The van der Waals surface area contributed by atoms with Gasteiger partial charge in [0.25, 0.3) is 0 Å². The fraction of sp³-hybridized carbons (Fsp3) is 0.632. The maximum Gasteiger partial charge on any atom is 0.225 e. The van der Waals surface area contributed by atoms with E-state index in [4.69, 9.17) is 0 Å². The molecule has 134 valence electrons. The van der Waals surface area contributed by atoms with Crippen molar-refractivity contribution in [3.05, 3.63) is 23.0 Å². The molecule has 4 rings (SSSR count). The van der Waals surface area contributed by atoms with Crippen LogP contribution in [0.1, 0.15) is 42.6 Å². The number of fused-ring (bicyclic) bond motifs is 1. The Morgan fingerprint density at radius 3 is 2.60 bits per heavy atom. The van der Waals surface area contributed by atoms with Gasteiger partial charge in [-0.2, -0.15) is 9.61 Å². The molecule has 2 aromatic rings. The number of likely N-dealkylation sites (tertiary alicyclic amines) is 1. The van der Waals surface area contributed by atoms with Crippen LogP contribution >= 0.6 is 0 Å². The summed E-state index contributed by atoms with van der Waals surface area (Å²) in [5, 5.41) is 8.19. The van der Waals surface area contributed by atoms with Gasteiger partial charge in [0, 0.05) is 42.9 Å². The number of rotatable bonds is 4. The van der Waals surface area contributed by atoms with Crippen molar-refractivity contribution in [2.45, 2.75) is 46.5 Å². The predicted molar refractivity (Wildman–Crippen MR) is 97.7 cm³/mol. The van der Waals surface area contributed by atoms with Gasteiger partial charge in [0.05, 0.1) is 5.69 Å². The van der Waals surface area contributed by atoms with Gasteiger partial charge < -0.3 is 10.2 Å². The standard InChI is InChI=1S/C19H27N5O/c1-12-10-17(24-18(21-12)13(2)14(3)22-24)20-11-15-6-8-23(9-7-15)19(25)16-4-5-16/h10,15-16,20H,4-9,11H2,1-3H3. The smallest absolute Gasteiger partial charge is 0.225 e. The lowest BCUT2D eigenvalue weighted by Crippen LogP contribution is -2.40. The number of carbonyl (C=O) groups excluding carboxylic acids is 1. The van der Waals surface area contributed by atoms with Gasteiger partial charge >= 0.3 is 0 Å². The highest BCUT2D eigenvalue weighted by Crippen LogP contribution is 2.32. The Morgan fingerprint density at radius 1 is 1.20 bits per heavy atom. The Kier molecular flexibility index (Phi) is 4.13. The van der Waals surface area contributed by atoms with E-state index in [0.717, 1.165) is 73.7 Å². The van der Waals surface area contributed by atoms with Gasteiger partial charge in [-0.3, -0.25) is 4.79 Å². The van der Waals surface area contributed by atoms with Gasteiger partial charge in [0.2, 0.25) is 5.91 Å². The van der Waals surface area contributed by atoms with Gasteiger partial charge in [-0.25, -0.2) is 4.98 Å². The van der Waals surface area contributed by atoms with Crippen molar-refractivity contribution in [3.8, 4) is 0 Å². The summed E-state index contributed by atoms with van der Waals surface area (Å²) in [4.78, 5) is 18.8. The Morgan fingerprint density at radius 2 is 1.92 bits per heavy atom. The van der Waals surface area contributed by atoms with Crippen LogP contribution in [0.25, 0.3) is 5.65 Å². The second-order valence-corrected chi connectivity index (χ2v) is 7.65. The van der Waals surface area contributed by atoms with Crippen molar-refractivity contribution in [1.29, 1.82) is 0 Å². The van der Waals surface area contributed by atoms with Crippen LogP contribution in [0.2, 0.25) is 0 Å². The average molecular weight is 341 g/mol. The van der Waals surface area contributed by atoms with Crippen molar-refractivity contribution in [3.63, 3.8) is 0 Å². The summed E-state index contributed by atoms with van der Waals surface area (Å²) < 4.78 is 1.92. The van der Waals surface area contributed by atoms with Crippen LogP contribution in [-0.4, -0.2) is 45.0 Å². The summed E-state index contributed by atoms with van der Waals surface area (Å²) >= 11 is 0. The zero-order valence-electron chi connectivity index (χ0n) is 15.4. The number of aryl methyl sites for hydroxylation is 3. The lowest BCUT2D eigenvalue weighted by Gasteiger charge is -2.32. The Hall–Kier alpha value is -2.11. The lowest BCUT2D eigenvalue weighted by molar-refractivity contribution is -0.133. The lowest BCUT2D eigenvalue weighted by atomic mass is 9.96. The zero-order chi connectivity index (χ0) is 17.6. The van der Waals surface area contributed by atoms with E-state index in [0.29, 0.717) is 17.7 Å². The van der Waals surface area contributed by atoms with Crippen molar-refractivity contribution in [2.24, 2.45) is 11.8 Å². The Balaban J connectivity index is 1.40. The Bertz CT molecular complexity index is 800. The molecule has 0 spiro atoms. The first kappa shape index (κ1) is 16.4. The second-order valence-electron chi connectivity index (χ2n) is 7.65. The summed E-state index contributed by atoms with van der Waals surface area (Å²) in [5.41, 5.74) is 4.10. The van der Waals surface area contributed by atoms with Crippen LogP contribution in [0, 0.1) is 32.6 Å². The van der Waals surface area contributed by atoms with Crippen molar-refractivity contribution < 1.29 is 4.79 Å². The molecule has 2 aromatic heterocycles. The largest absolute Gasteiger partial charge is 0.370 e. The van der Waals surface area contributed by atoms with Crippen molar-refractivity contribution in [2.75, 3.05) is 25.0 Å². The molecule has 6 nitrogen and oxygen atoms in total. The van der Waals surface area contributed by atoms with E-state index in [9.17, 15) is 4.79 Å². The van der Waals surface area contributed by atoms with Gasteiger partial charge in [-0.1, -0.05) is 0 Å². The third-order valence-corrected chi connectivity index (χ3v) is 5.61. The van der Waals surface area contributed by atoms with Gasteiger partial charge in [-0.05, 0) is 52.4 Å². The average Bonchev–Trinajstić information content (AvgIpc) is 3.41. The maximum atomic E-state index is 12.2. The molecule has 1 amide bonds. The molecule has 2 fully saturated rings. The number of piperidine rings is 1. The molecule has 2 aliphatic rings. The second kappa shape index (κ2) is 6.32. The van der Waals surface area contributed by atoms with Gasteiger partial charge in [-0.15, -0.1) is 0 Å². The summed E-state index contributed by atoms with van der Waals surface area (Å²) in [6.45, 7) is 8.85. The molecular formula is C19H27N5O. The van der Waals surface area contributed by atoms with Crippen LogP contribution in [0.3, 0.4) is 0 Å². The molecule has 6 heteroatoms. The van der Waals surface area contributed by atoms with Crippen LogP contribution in [0.5, 0.6) is 0 Å². The van der Waals surface area contributed by atoms with E-state index in [-0.39, 0.29) is 0 Å². The van der Waals surface area contributed by atoms with Crippen LogP contribution < -0.4 is 5.32 Å². The molecule has 0 radical (unpaired) electrons. The molecule has 25 heavy (non-hydrogen) atoms. The van der Waals surface area contributed by atoms with E-state index < -0.39 is 0 Å². The molecule has 0 atom stereocenters. The molecule has 0 bridgehead atoms. The SMILES string of the molecule is Cc1cc(NCC2CCN(C(=O)C3CC3)CC2)n2nc(C)c(C)c2n1. The van der Waals surface area contributed by atoms with E-state index in [1.165, 1.54) is 0 Å². The molecule has 0 unspecified atom stereocenters. The van der Waals surface area contributed by atoms with Crippen LogP contribution in [0.15, 0.2) is 6.07 Å². The number of hydrogen-bond donors (Lipinski definition) is 1. The fourth-order valence-corrected chi connectivity index (χ4v) is 3.67. The first-order valence-electron chi connectivity index (χ1n) is 9.39. The maximum absolute atomic E-state index is 12.2. The molecule has 1 saturated carbocycles. The van der Waals surface area contributed by atoms with Gasteiger partial charge in [0.1, 0.15) is 5.82 Å². The molecule has 3 heterocycles. The highest BCUT2D eigenvalue weighted by atomic mass is 16.2. The summed E-state index contributed by atoms with van der Waals surface area (Å²) in [6.07, 6.45) is 4.35. The molecule has 1 aliphatic carbocycles. The predicted octanol–water partition coefficient (Wildman–Crippen LogP) is 2.72. The number of hydrogen-bond acceptors (Lipinski definition) is 4. The third kappa shape index (κ3) is 3.22. The number of carbonyl (C=O) groups is 1. The van der Waals surface area contributed by atoms with E-state index in [2.05, 4.69) is 33.3 Å². The third-order valence-electron chi connectivity index (χ3n) is 5.61. The van der Waals surface area contributed by atoms with Crippen LogP contribution in [0.4, 0.5) is 5.82 Å². The van der Waals surface area contributed by atoms with Gasteiger partial charge in [0.15, 0.2) is 5.65 Å². The van der Waals surface area contributed by atoms with E-state index >= 15 is 0 Å². The molecule has 1 saturated heterocycles. The first-order valence-corrected chi connectivity index (χ1v) is 9.39. The molecular weight excluding hydrogens is 314 g/mol. The monoisotopic (exact) mass is 341 g/mol. The number of nitrogens with zero attached hydrogens (tertiary/aromatic N) is 4. The minimum Gasteiger partial charge on any atom is -0.370 e. The minimum atomic E-state index is 0.342. The van der Waals surface area contributed by atoms with Crippen molar-refractivity contribution in [1.82, 2.24) is 19.5 Å². The van der Waals surface area contributed by atoms with E-state index in [1.807, 2.05) is 18.4 Å². The molecule has 1 aliphatic heterocycles.